The van der Waals surface area contributed by atoms with E-state index in [4.69, 9.17) is 9.84 Å². The molecule has 5 nitrogen and oxygen atoms in total. The molecular formula is C14H24N2O3. The average molecular weight is 268 g/mol. The number of morpholine rings is 1. The highest BCUT2D eigenvalue weighted by atomic mass is 16.5. The zero-order valence-electron chi connectivity index (χ0n) is 11.9. The minimum Gasteiger partial charge on any atom is -0.465 e. The Labute approximate surface area is 114 Å². The lowest BCUT2D eigenvalue weighted by atomic mass is 9.88. The summed E-state index contributed by atoms with van der Waals surface area (Å²) in [5, 5.41) is 9.05. The van der Waals surface area contributed by atoms with Crippen molar-refractivity contribution in [2.24, 2.45) is 0 Å². The molecule has 2 saturated heterocycles. The molecule has 1 N–H and O–H groups in total. The van der Waals surface area contributed by atoms with Crippen LogP contribution in [0.1, 0.15) is 39.5 Å². The first-order chi connectivity index (χ1) is 8.94. The minimum absolute atomic E-state index is 0.0912. The molecule has 3 fully saturated rings. The Morgan fingerprint density at radius 2 is 1.63 bits per heavy atom. The van der Waals surface area contributed by atoms with Gasteiger partial charge in [0, 0.05) is 32.2 Å². The second kappa shape index (κ2) is 4.35. The van der Waals surface area contributed by atoms with Gasteiger partial charge in [0.15, 0.2) is 0 Å². The van der Waals surface area contributed by atoms with Crippen LogP contribution in [0.15, 0.2) is 0 Å². The second-order valence-corrected chi connectivity index (χ2v) is 6.74. The number of likely N-dealkylation sites (tertiary alicyclic amines) is 1. The van der Waals surface area contributed by atoms with Crippen LogP contribution in [-0.2, 0) is 4.74 Å². The van der Waals surface area contributed by atoms with E-state index in [0.29, 0.717) is 19.1 Å². The Kier molecular flexibility index (Phi) is 3.02. The van der Waals surface area contributed by atoms with E-state index in [1.54, 1.807) is 0 Å². The number of piperidine rings is 1. The molecule has 0 aromatic rings. The summed E-state index contributed by atoms with van der Waals surface area (Å²) < 4.78 is 6.46. The summed E-state index contributed by atoms with van der Waals surface area (Å²) in [6, 6.07) is 0.538. The summed E-state index contributed by atoms with van der Waals surface area (Å²) in [5.41, 5.74) is -0.0150. The number of hydrogen-bond acceptors (Lipinski definition) is 3. The smallest absolute Gasteiger partial charge is 0.407 e. The van der Waals surface area contributed by atoms with E-state index in [9.17, 15) is 4.79 Å². The van der Waals surface area contributed by atoms with Crippen molar-refractivity contribution >= 4 is 6.09 Å². The first-order valence-electron chi connectivity index (χ1n) is 7.36. The standard InChI is InChI=1S/C14H24N2O3/c1-11(2)16-9-13(3-4-13)19-14(10-16)5-7-15(8-6-14)12(17)18/h11H,3-10H2,1-2H3,(H,17,18). The molecule has 1 aliphatic carbocycles. The Morgan fingerprint density at radius 3 is 2.05 bits per heavy atom. The molecule has 19 heavy (non-hydrogen) atoms. The molecule has 1 amide bonds. The molecule has 3 rings (SSSR count). The van der Waals surface area contributed by atoms with Crippen LogP contribution < -0.4 is 0 Å². The summed E-state index contributed by atoms with van der Waals surface area (Å²) >= 11 is 0. The summed E-state index contributed by atoms with van der Waals surface area (Å²) in [7, 11) is 0. The topological polar surface area (TPSA) is 53.0 Å². The maximum absolute atomic E-state index is 11.0. The van der Waals surface area contributed by atoms with Gasteiger partial charge >= 0.3 is 6.09 Å². The van der Waals surface area contributed by atoms with Gasteiger partial charge in [-0.05, 0) is 39.5 Å². The monoisotopic (exact) mass is 268 g/mol. The lowest BCUT2D eigenvalue weighted by molar-refractivity contribution is -0.191. The van der Waals surface area contributed by atoms with Gasteiger partial charge in [-0.2, -0.15) is 0 Å². The van der Waals surface area contributed by atoms with Crippen LogP contribution in [0.4, 0.5) is 4.79 Å². The third-order valence-corrected chi connectivity index (χ3v) is 4.90. The van der Waals surface area contributed by atoms with E-state index in [0.717, 1.165) is 25.9 Å². The van der Waals surface area contributed by atoms with Gasteiger partial charge in [0.05, 0.1) is 11.2 Å². The average Bonchev–Trinajstić information content (AvgIpc) is 3.07. The summed E-state index contributed by atoms with van der Waals surface area (Å²) in [4.78, 5) is 15.0. The number of amides is 1. The lowest BCUT2D eigenvalue weighted by Crippen LogP contribution is -2.62. The van der Waals surface area contributed by atoms with E-state index >= 15 is 0 Å². The van der Waals surface area contributed by atoms with Crippen LogP contribution in [-0.4, -0.2) is 64.4 Å². The van der Waals surface area contributed by atoms with Crippen molar-refractivity contribution in [1.82, 2.24) is 9.80 Å². The highest BCUT2D eigenvalue weighted by molar-refractivity contribution is 5.65. The quantitative estimate of drug-likeness (QED) is 0.787. The molecule has 2 aliphatic heterocycles. The highest BCUT2D eigenvalue weighted by Crippen LogP contribution is 2.49. The van der Waals surface area contributed by atoms with Crippen LogP contribution >= 0.6 is 0 Å². The van der Waals surface area contributed by atoms with Crippen molar-refractivity contribution in [3.05, 3.63) is 0 Å². The largest absolute Gasteiger partial charge is 0.465 e. The van der Waals surface area contributed by atoms with Gasteiger partial charge in [-0.15, -0.1) is 0 Å². The predicted octanol–water partition coefficient (Wildman–Crippen LogP) is 1.77. The van der Waals surface area contributed by atoms with E-state index in [1.165, 1.54) is 17.7 Å². The number of ether oxygens (including phenoxy) is 1. The lowest BCUT2D eigenvalue weighted by Gasteiger charge is -2.51. The van der Waals surface area contributed by atoms with Crippen LogP contribution in [0, 0.1) is 0 Å². The fourth-order valence-electron chi connectivity index (χ4n) is 3.45. The normalized spacial score (nSPS) is 29.1. The molecule has 0 aromatic carbocycles. The van der Waals surface area contributed by atoms with Crippen LogP contribution in [0.25, 0.3) is 0 Å². The number of carboxylic acid groups (broad SMARTS) is 1. The first kappa shape index (κ1) is 13.2. The van der Waals surface area contributed by atoms with E-state index in [1.807, 2.05) is 0 Å². The Balaban J connectivity index is 1.71. The summed E-state index contributed by atoms with van der Waals surface area (Å²) in [6.07, 6.45) is 3.21. The fourth-order valence-corrected chi connectivity index (χ4v) is 3.45. The van der Waals surface area contributed by atoms with Gasteiger partial charge in [-0.25, -0.2) is 4.79 Å². The van der Waals surface area contributed by atoms with Crippen molar-refractivity contribution < 1.29 is 14.6 Å². The molecule has 2 spiro atoms. The molecule has 0 aromatic heterocycles. The molecule has 0 unspecified atom stereocenters. The maximum atomic E-state index is 11.0. The number of rotatable bonds is 1. The fraction of sp³-hybridized carbons (Fsp3) is 0.929. The van der Waals surface area contributed by atoms with Crippen molar-refractivity contribution in [1.29, 1.82) is 0 Å². The third kappa shape index (κ3) is 2.46. The molecule has 0 radical (unpaired) electrons. The Morgan fingerprint density at radius 1 is 1.11 bits per heavy atom. The molecule has 5 heteroatoms. The number of nitrogens with zero attached hydrogens (tertiary/aromatic N) is 2. The predicted molar refractivity (Wildman–Crippen MR) is 71.3 cm³/mol. The van der Waals surface area contributed by atoms with Crippen LogP contribution in [0.2, 0.25) is 0 Å². The first-order valence-corrected chi connectivity index (χ1v) is 7.36. The molecule has 2 heterocycles. The zero-order chi connectivity index (χ0) is 13.7. The third-order valence-electron chi connectivity index (χ3n) is 4.90. The van der Waals surface area contributed by atoms with Gasteiger partial charge in [-0.3, -0.25) is 4.90 Å². The van der Waals surface area contributed by atoms with E-state index in [-0.39, 0.29) is 11.2 Å². The highest BCUT2D eigenvalue weighted by Gasteiger charge is 2.56. The summed E-state index contributed by atoms with van der Waals surface area (Å²) in [5.74, 6) is 0. The Hall–Kier alpha value is -0.810. The molecule has 0 atom stereocenters. The number of carbonyl (C=O) groups is 1. The second-order valence-electron chi connectivity index (χ2n) is 6.74. The zero-order valence-corrected chi connectivity index (χ0v) is 11.9. The van der Waals surface area contributed by atoms with Gasteiger partial charge in [0.25, 0.3) is 0 Å². The van der Waals surface area contributed by atoms with Crippen LogP contribution in [0.3, 0.4) is 0 Å². The SMILES string of the molecule is CC(C)N1CC2(CCN(C(=O)O)CC2)OC2(CC2)C1. The van der Waals surface area contributed by atoms with Gasteiger partial charge in [0.1, 0.15) is 0 Å². The Bertz CT molecular complexity index is 371. The molecule has 108 valence electrons. The van der Waals surface area contributed by atoms with Gasteiger partial charge in [0.2, 0.25) is 0 Å². The van der Waals surface area contributed by atoms with Crippen molar-refractivity contribution in [2.75, 3.05) is 26.2 Å². The molecule has 1 saturated carbocycles. The van der Waals surface area contributed by atoms with Gasteiger partial charge in [-0.1, -0.05) is 0 Å². The minimum atomic E-state index is -0.799. The molecule has 3 aliphatic rings. The van der Waals surface area contributed by atoms with Crippen molar-refractivity contribution in [2.45, 2.75) is 56.8 Å². The molecular weight excluding hydrogens is 244 g/mol. The van der Waals surface area contributed by atoms with Gasteiger partial charge < -0.3 is 14.7 Å². The number of hydrogen-bond donors (Lipinski definition) is 1. The van der Waals surface area contributed by atoms with Crippen molar-refractivity contribution in [3.8, 4) is 0 Å². The van der Waals surface area contributed by atoms with E-state index < -0.39 is 6.09 Å². The van der Waals surface area contributed by atoms with Crippen LogP contribution in [0.5, 0.6) is 0 Å². The van der Waals surface area contributed by atoms with E-state index in [2.05, 4.69) is 18.7 Å². The maximum Gasteiger partial charge on any atom is 0.407 e. The summed E-state index contributed by atoms with van der Waals surface area (Å²) in [6.45, 7) is 7.70. The van der Waals surface area contributed by atoms with Crippen molar-refractivity contribution in [3.63, 3.8) is 0 Å². The molecule has 0 bridgehead atoms.